The molecule has 0 saturated heterocycles. The first kappa shape index (κ1) is 13.5. The number of benzene rings is 2. The van der Waals surface area contributed by atoms with E-state index in [1.807, 2.05) is 19.1 Å². The Morgan fingerprint density at radius 2 is 1.74 bits per heavy atom. The lowest BCUT2D eigenvalue weighted by Crippen LogP contribution is -2.02. The molecule has 0 aliphatic carbocycles. The molecule has 0 unspecified atom stereocenters. The molecule has 0 heterocycles. The lowest BCUT2D eigenvalue weighted by Gasteiger charge is -2.11. The van der Waals surface area contributed by atoms with Crippen molar-refractivity contribution < 1.29 is 4.74 Å². The molecule has 100 valence electrons. The lowest BCUT2D eigenvalue weighted by molar-refractivity contribution is 0.309. The normalized spacial score (nSPS) is 10.4. The van der Waals surface area contributed by atoms with Gasteiger partial charge in [0.05, 0.1) is 6.61 Å². The van der Waals surface area contributed by atoms with Crippen molar-refractivity contribution in [2.75, 3.05) is 12.3 Å². The minimum Gasteiger partial charge on any atom is -0.493 e. The van der Waals surface area contributed by atoms with Gasteiger partial charge in [0.2, 0.25) is 0 Å². The van der Waals surface area contributed by atoms with Crippen LogP contribution in [0.1, 0.15) is 23.1 Å². The van der Waals surface area contributed by atoms with Gasteiger partial charge in [-0.2, -0.15) is 0 Å². The molecular weight excluding hydrogens is 234 g/mol. The fourth-order valence-electron chi connectivity index (χ4n) is 2.11. The molecule has 0 radical (unpaired) electrons. The van der Waals surface area contributed by atoms with Crippen LogP contribution in [0.25, 0.3) is 0 Å². The van der Waals surface area contributed by atoms with Crippen molar-refractivity contribution in [3.05, 3.63) is 59.2 Å². The smallest absolute Gasteiger partial charge is 0.124 e. The predicted molar refractivity (Wildman–Crippen MR) is 80.6 cm³/mol. The van der Waals surface area contributed by atoms with Crippen molar-refractivity contribution in [1.29, 1.82) is 0 Å². The van der Waals surface area contributed by atoms with Gasteiger partial charge in [-0.05, 0) is 43.4 Å². The van der Waals surface area contributed by atoms with Crippen molar-refractivity contribution in [3.8, 4) is 5.75 Å². The predicted octanol–water partition coefficient (Wildman–Crippen LogP) is 3.90. The Morgan fingerprint density at radius 1 is 1.00 bits per heavy atom. The van der Waals surface area contributed by atoms with Crippen molar-refractivity contribution in [2.45, 2.75) is 26.7 Å². The molecule has 0 fully saturated rings. The zero-order valence-corrected chi connectivity index (χ0v) is 11.6. The van der Waals surface area contributed by atoms with E-state index < -0.39 is 0 Å². The Labute approximate surface area is 115 Å². The van der Waals surface area contributed by atoms with E-state index >= 15 is 0 Å². The SMILES string of the molecule is Cc1cc(C)c(OCCCc2ccccc2)cc1N. The largest absolute Gasteiger partial charge is 0.493 e. The number of nitrogens with two attached hydrogens (primary N) is 1. The highest BCUT2D eigenvalue weighted by Crippen LogP contribution is 2.24. The first-order valence-corrected chi connectivity index (χ1v) is 6.70. The second kappa shape index (κ2) is 6.28. The van der Waals surface area contributed by atoms with Crippen molar-refractivity contribution in [3.63, 3.8) is 0 Å². The summed E-state index contributed by atoms with van der Waals surface area (Å²) in [7, 11) is 0. The highest BCUT2D eigenvalue weighted by molar-refractivity contribution is 5.54. The summed E-state index contributed by atoms with van der Waals surface area (Å²) < 4.78 is 5.81. The van der Waals surface area contributed by atoms with Crippen LogP contribution in [-0.4, -0.2) is 6.61 Å². The van der Waals surface area contributed by atoms with Gasteiger partial charge in [0.1, 0.15) is 5.75 Å². The second-order valence-electron chi connectivity index (χ2n) is 4.91. The third-order valence-corrected chi connectivity index (χ3v) is 3.27. The minimum atomic E-state index is 0.720. The molecule has 0 atom stereocenters. The van der Waals surface area contributed by atoms with Gasteiger partial charge in [-0.3, -0.25) is 0 Å². The second-order valence-corrected chi connectivity index (χ2v) is 4.91. The number of hydrogen-bond donors (Lipinski definition) is 1. The molecule has 0 spiro atoms. The Kier molecular flexibility index (Phi) is 4.45. The van der Waals surface area contributed by atoms with Crippen LogP contribution in [0, 0.1) is 13.8 Å². The molecule has 2 aromatic rings. The van der Waals surface area contributed by atoms with E-state index in [-0.39, 0.29) is 0 Å². The molecule has 0 aliphatic rings. The van der Waals surface area contributed by atoms with E-state index in [2.05, 4.69) is 37.3 Å². The Bertz CT molecular complexity index is 534. The number of nitrogen functional groups attached to an aromatic ring is 1. The maximum Gasteiger partial charge on any atom is 0.124 e. The van der Waals surface area contributed by atoms with Crippen LogP contribution in [0.4, 0.5) is 5.69 Å². The fraction of sp³-hybridized carbons (Fsp3) is 0.294. The highest BCUT2D eigenvalue weighted by Gasteiger charge is 2.03. The van der Waals surface area contributed by atoms with E-state index in [1.54, 1.807) is 0 Å². The fourth-order valence-corrected chi connectivity index (χ4v) is 2.11. The quantitative estimate of drug-likeness (QED) is 0.649. The van der Waals surface area contributed by atoms with Gasteiger partial charge in [0.15, 0.2) is 0 Å². The molecule has 0 saturated carbocycles. The Balaban J connectivity index is 1.85. The minimum absolute atomic E-state index is 0.720. The summed E-state index contributed by atoms with van der Waals surface area (Å²) in [5.41, 5.74) is 10.3. The first-order chi connectivity index (χ1) is 9.16. The summed E-state index contributed by atoms with van der Waals surface area (Å²) in [6, 6.07) is 14.5. The maximum absolute atomic E-state index is 5.90. The van der Waals surface area contributed by atoms with Crippen LogP contribution in [0.3, 0.4) is 0 Å². The Morgan fingerprint density at radius 3 is 2.47 bits per heavy atom. The van der Waals surface area contributed by atoms with Gasteiger partial charge in [-0.25, -0.2) is 0 Å². The van der Waals surface area contributed by atoms with E-state index in [9.17, 15) is 0 Å². The third kappa shape index (κ3) is 3.75. The molecule has 0 aliphatic heterocycles. The molecule has 0 bridgehead atoms. The summed E-state index contributed by atoms with van der Waals surface area (Å²) >= 11 is 0. The topological polar surface area (TPSA) is 35.2 Å². The lowest BCUT2D eigenvalue weighted by atomic mass is 10.1. The summed E-state index contributed by atoms with van der Waals surface area (Å²) in [6.07, 6.45) is 2.05. The summed E-state index contributed by atoms with van der Waals surface area (Å²) in [5, 5.41) is 0. The summed E-state index contributed by atoms with van der Waals surface area (Å²) in [4.78, 5) is 0. The number of ether oxygens (including phenoxy) is 1. The van der Waals surface area contributed by atoms with Crippen LogP contribution in [0.15, 0.2) is 42.5 Å². The molecule has 0 aromatic heterocycles. The molecule has 19 heavy (non-hydrogen) atoms. The van der Waals surface area contributed by atoms with Gasteiger partial charge in [0, 0.05) is 11.8 Å². The van der Waals surface area contributed by atoms with E-state index in [0.717, 1.165) is 42.0 Å². The summed E-state index contributed by atoms with van der Waals surface area (Å²) in [5.74, 6) is 0.899. The van der Waals surface area contributed by atoms with Crippen LogP contribution >= 0.6 is 0 Å². The molecule has 2 rings (SSSR count). The molecule has 2 heteroatoms. The average Bonchev–Trinajstić information content (AvgIpc) is 2.41. The maximum atomic E-state index is 5.90. The van der Waals surface area contributed by atoms with Crippen LogP contribution < -0.4 is 10.5 Å². The molecule has 2 N–H and O–H groups in total. The van der Waals surface area contributed by atoms with E-state index in [1.165, 1.54) is 5.56 Å². The highest BCUT2D eigenvalue weighted by atomic mass is 16.5. The Hall–Kier alpha value is -1.96. The van der Waals surface area contributed by atoms with Crippen molar-refractivity contribution in [2.24, 2.45) is 0 Å². The molecular formula is C17H21NO. The van der Waals surface area contributed by atoms with E-state index in [4.69, 9.17) is 10.5 Å². The van der Waals surface area contributed by atoms with Gasteiger partial charge < -0.3 is 10.5 Å². The van der Waals surface area contributed by atoms with E-state index in [0.29, 0.717) is 0 Å². The number of hydrogen-bond acceptors (Lipinski definition) is 2. The van der Waals surface area contributed by atoms with Crippen LogP contribution in [-0.2, 0) is 6.42 Å². The van der Waals surface area contributed by atoms with Crippen LogP contribution in [0.5, 0.6) is 5.75 Å². The standard InChI is InChI=1S/C17H21NO/c1-13-11-14(2)17(12-16(13)18)19-10-6-9-15-7-4-3-5-8-15/h3-5,7-8,11-12H,6,9-10,18H2,1-2H3. The molecule has 2 nitrogen and oxygen atoms in total. The van der Waals surface area contributed by atoms with Crippen molar-refractivity contribution >= 4 is 5.69 Å². The zero-order valence-electron chi connectivity index (χ0n) is 11.6. The van der Waals surface area contributed by atoms with Crippen LogP contribution in [0.2, 0.25) is 0 Å². The molecule has 2 aromatic carbocycles. The van der Waals surface area contributed by atoms with Gasteiger partial charge in [-0.15, -0.1) is 0 Å². The monoisotopic (exact) mass is 255 g/mol. The summed E-state index contributed by atoms with van der Waals surface area (Å²) in [6.45, 7) is 4.79. The van der Waals surface area contributed by atoms with Gasteiger partial charge >= 0.3 is 0 Å². The van der Waals surface area contributed by atoms with Gasteiger partial charge in [-0.1, -0.05) is 36.4 Å². The first-order valence-electron chi connectivity index (χ1n) is 6.70. The van der Waals surface area contributed by atoms with Crippen molar-refractivity contribution in [1.82, 2.24) is 0 Å². The van der Waals surface area contributed by atoms with Gasteiger partial charge in [0.25, 0.3) is 0 Å². The zero-order chi connectivity index (χ0) is 13.7. The number of rotatable bonds is 5. The number of anilines is 1. The number of aryl methyl sites for hydroxylation is 3. The average molecular weight is 255 g/mol. The molecule has 0 amide bonds. The third-order valence-electron chi connectivity index (χ3n) is 3.27.